The first-order valence-corrected chi connectivity index (χ1v) is 9.31. The molecule has 4 aromatic rings. The maximum Gasteiger partial charge on any atom is 0.167 e. The lowest BCUT2D eigenvalue weighted by molar-refractivity contribution is 0.363. The van der Waals surface area contributed by atoms with Crippen LogP contribution in [0, 0.1) is 0 Å². The van der Waals surface area contributed by atoms with E-state index in [9.17, 15) is 0 Å². The molecule has 8 nitrogen and oxygen atoms in total. The van der Waals surface area contributed by atoms with E-state index in [1.54, 1.807) is 25.7 Å². The average molecular weight is 389 g/mol. The van der Waals surface area contributed by atoms with Crippen LogP contribution >= 0.6 is 0 Å². The third kappa shape index (κ3) is 3.49. The van der Waals surface area contributed by atoms with Gasteiger partial charge < -0.3 is 10.5 Å². The molecule has 0 aliphatic carbocycles. The van der Waals surface area contributed by atoms with Gasteiger partial charge in [0.25, 0.3) is 0 Å². The Hall–Kier alpha value is -3.55. The van der Waals surface area contributed by atoms with E-state index in [4.69, 9.17) is 20.6 Å². The molecule has 0 radical (unpaired) electrons. The second-order valence-electron chi connectivity index (χ2n) is 7.77. The van der Waals surface area contributed by atoms with Gasteiger partial charge in [-0.3, -0.25) is 9.97 Å². The smallest absolute Gasteiger partial charge is 0.167 e. The maximum atomic E-state index is 6.42. The molecule has 0 aliphatic rings. The number of ether oxygens (including phenoxy) is 1. The van der Waals surface area contributed by atoms with Crippen LogP contribution in [0.1, 0.15) is 32.0 Å². The molecule has 0 amide bonds. The van der Waals surface area contributed by atoms with Crippen molar-refractivity contribution in [2.24, 2.45) is 0 Å². The lowest BCUT2D eigenvalue weighted by Crippen LogP contribution is -2.23. The molecule has 4 heterocycles. The van der Waals surface area contributed by atoms with Crippen molar-refractivity contribution in [3.8, 4) is 17.1 Å². The van der Waals surface area contributed by atoms with Gasteiger partial charge in [0, 0.05) is 25.0 Å². The number of nitrogen functional groups attached to an aromatic ring is 1. The van der Waals surface area contributed by atoms with Crippen molar-refractivity contribution in [3.05, 3.63) is 54.2 Å². The number of nitrogens with two attached hydrogens (primary N) is 1. The van der Waals surface area contributed by atoms with Gasteiger partial charge in [0.2, 0.25) is 0 Å². The summed E-state index contributed by atoms with van der Waals surface area (Å²) in [5.41, 5.74) is 9.43. The van der Waals surface area contributed by atoms with Crippen LogP contribution in [0.3, 0.4) is 0 Å². The maximum absolute atomic E-state index is 6.42. The van der Waals surface area contributed by atoms with E-state index in [0.717, 1.165) is 22.2 Å². The van der Waals surface area contributed by atoms with Crippen molar-refractivity contribution < 1.29 is 4.74 Å². The largest absolute Gasteiger partial charge is 0.494 e. The third-order valence-corrected chi connectivity index (χ3v) is 4.60. The fraction of sp³-hybridized carbons (Fsp3) is 0.286. The normalized spacial score (nSPS) is 11.7. The molecule has 4 aromatic heterocycles. The van der Waals surface area contributed by atoms with E-state index in [2.05, 4.69) is 35.7 Å². The SMILES string of the molecule is COc1cnccc1-c1nc(N)c2c(Cc3cccnc3)nn(C(C)(C)C)c2n1. The highest BCUT2D eigenvalue weighted by atomic mass is 16.5. The van der Waals surface area contributed by atoms with E-state index >= 15 is 0 Å². The monoisotopic (exact) mass is 389 g/mol. The van der Waals surface area contributed by atoms with Gasteiger partial charge in [0.1, 0.15) is 11.6 Å². The standard InChI is InChI=1S/C21H23N7O/c1-21(2,3)28-20-17(15(27-28)10-13-6-5-8-23-11-13)18(22)25-19(26-20)14-7-9-24-12-16(14)29-4/h5-9,11-12H,10H2,1-4H3,(H2,22,25,26). The third-order valence-electron chi connectivity index (χ3n) is 4.60. The summed E-state index contributed by atoms with van der Waals surface area (Å²) in [6.07, 6.45) is 7.49. The van der Waals surface area contributed by atoms with Gasteiger partial charge >= 0.3 is 0 Å². The molecular weight excluding hydrogens is 366 g/mol. The van der Waals surface area contributed by atoms with Crippen molar-refractivity contribution in [2.45, 2.75) is 32.7 Å². The summed E-state index contributed by atoms with van der Waals surface area (Å²) in [5, 5.41) is 5.62. The van der Waals surface area contributed by atoms with E-state index < -0.39 is 0 Å². The van der Waals surface area contributed by atoms with Crippen LogP contribution in [0.15, 0.2) is 43.0 Å². The van der Waals surface area contributed by atoms with Crippen LogP contribution in [-0.2, 0) is 12.0 Å². The number of pyridine rings is 2. The molecule has 2 N–H and O–H groups in total. The van der Waals surface area contributed by atoms with Crippen LogP contribution in [0.5, 0.6) is 5.75 Å². The Morgan fingerprint density at radius 1 is 1.07 bits per heavy atom. The molecule has 0 bridgehead atoms. The quantitative estimate of drug-likeness (QED) is 0.571. The fourth-order valence-electron chi connectivity index (χ4n) is 3.25. The number of anilines is 1. The summed E-state index contributed by atoms with van der Waals surface area (Å²) in [7, 11) is 1.59. The van der Waals surface area contributed by atoms with Crippen LogP contribution in [-0.4, -0.2) is 36.8 Å². The first-order chi connectivity index (χ1) is 13.9. The predicted molar refractivity (Wildman–Crippen MR) is 112 cm³/mol. The zero-order chi connectivity index (χ0) is 20.6. The van der Waals surface area contributed by atoms with Crippen molar-refractivity contribution in [1.29, 1.82) is 0 Å². The minimum Gasteiger partial charge on any atom is -0.494 e. The minimum absolute atomic E-state index is 0.286. The number of rotatable bonds is 4. The molecule has 0 aliphatic heterocycles. The van der Waals surface area contributed by atoms with Gasteiger partial charge in [-0.25, -0.2) is 14.6 Å². The van der Waals surface area contributed by atoms with Crippen molar-refractivity contribution in [3.63, 3.8) is 0 Å². The molecule has 0 unspecified atom stereocenters. The summed E-state index contributed by atoms with van der Waals surface area (Å²) in [6.45, 7) is 6.24. The Morgan fingerprint density at radius 3 is 2.55 bits per heavy atom. The van der Waals surface area contributed by atoms with Gasteiger partial charge in [0.05, 0.1) is 35.5 Å². The molecule has 0 saturated heterocycles. The highest BCUT2D eigenvalue weighted by molar-refractivity contribution is 5.90. The average Bonchev–Trinajstić information content (AvgIpc) is 3.08. The van der Waals surface area contributed by atoms with Gasteiger partial charge in [-0.2, -0.15) is 5.10 Å². The molecular formula is C21H23N7O. The van der Waals surface area contributed by atoms with E-state index in [1.807, 2.05) is 29.1 Å². The lowest BCUT2D eigenvalue weighted by atomic mass is 10.1. The summed E-state index contributed by atoms with van der Waals surface area (Å²) < 4.78 is 7.33. The number of methoxy groups -OCH3 is 1. The van der Waals surface area contributed by atoms with Gasteiger partial charge in [-0.05, 0) is 38.5 Å². The fourth-order valence-corrected chi connectivity index (χ4v) is 3.25. The van der Waals surface area contributed by atoms with Crippen molar-refractivity contribution in [1.82, 2.24) is 29.7 Å². The van der Waals surface area contributed by atoms with Crippen molar-refractivity contribution >= 4 is 16.9 Å². The Balaban J connectivity index is 1.94. The highest BCUT2D eigenvalue weighted by Crippen LogP contribution is 2.33. The Morgan fingerprint density at radius 2 is 1.86 bits per heavy atom. The van der Waals surface area contributed by atoms with Crippen LogP contribution in [0.25, 0.3) is 22.4 Å². The van der Waals surface area contributed by atoms with Crippen LogP contribution < -0.4 is 10.5 Å². The topological polar surface area (TPSA) is 105 Å². The van der Waals surface area contributed by atoms with Gasteiger partial charge in [-0.1, -0.05) is 6.07 Å². The van der Waals surface area contributed by atoms with E-state index in [0.29, 0.717) is 29.5 Å². The van der Waals surface area contributed by atoms with Crippen molar-refractivity contribution in [2.75, 3.05) is 12.8 Å². The molecule has 4 rings (SSSR count). The first kappa shape index (κ1) is 18.8. The number of hydrogen-bond donors (Lipinski definition) is 1. The second kappa shape index (κ2) is 7.12. The molecule has 0 saturated carbocycles. The van der Waals surface area contributed by atoms with Gasteiger partial charge in [0.15, 0.2) is 11.5 Å². The molecule has 0 aromatic carbocycles. The zero-order valence-electron chi connectivity index (χ0n) is 16.9. The molecule has 0 atom stereocenters. The molecule has 29 heavy (non-hydrogen) atoms. The van der Waals surface area contributed by atoms with Gasteiger partial charge in [-0.15, -0.1) is 0 Å². The lowest BCUT2D eigenvalue weighted by Gasteiger charge is -2.20. The summed E-state index contributed by atoms with van der Waals surface area (Å²) in [5.74, 6) is 1.45. The molecule has 8 heteroatoms. The summed E-state index contributed by atoms with van der Waals surface area (Å²) >= 11 is 0. The zero-order valence-corrected chi connectivity index (χ0v) is 16.9. The van der Waals surface area contributed by atoms with Crippen LogP contribution in [0.2, 0.25) is 0 Å². The predicted octanol–water partition coefficient (Wildman–Crippen LogP) is 3.22. The Kier molecular flexibility index (Phi) is 4.62. The van der Waals surface area contributed by atoms with Crippen LogP contribution in [0.4, 0.5) is 5.82 Å². The molecule has 0 fully saturated rings. The first-order valence-electron chi connectivity index (χ1n) is 9.31. The summed E-state index contributed by atoms with van der Waals surface area (Å²) in [4.78, 5) is 17.7. The van der Waals surface area contributed by atoms with E-state index in [-0.39, 0.29) is 5.54 Å². The second-order valence-corrected chi connectivity index (χ2v) is 7.77. The number of fused-ring (bicyclic) bond motifs is 1. The minimum atomic E-state index is -0.286. The Bertz CT molecular complexity index is 1160. The summed E-state index contributed by atoms with van der Waals surface area (Å²) in [6, 6.07) is 5.74. The van der Waals surface area contributed by atoms with E-state index in [1.165, 1.54) is 0 Å². The Labute approximate surface area is 168 Å². The number of aromatic nitrogens is 6. The molecule has 148 valence electrons. The number of hydrogen-bond acceptors (Lipinski definition) is 7. The molecule has 0 spiro atoms. The highest BCUT2D eigenvalue weighted by Gasteiger charge is 2.25. The number of nitrogens with zero attached hydrogens (tertiary/aromatic N) is 6.